The maximum absolute atomic E-state index is 13.6. The fourth-order valence-corrected chi connectivity index (χ4v) is 6.41. The van der Waals surface area contributed by atoms with Crippen LogP contribution in [0.1, 0.15) is 56.2 Å². The summed E-state index contributed by atoms with van der Waals surface area (Å²) in [5.41, 5.74) is 3.47. The molecule has 1 amide bonds. The number of aromatic carboxylic acids is 1. The first-order valence-electron chi connectivity index (χ1n) is 15.3. The number of carboxylic acid groups (broad SMARTS) is 1. The summed E-state index contributed by atoms with van der Waals surface area (Å²) in [4.78, 5) is 24.2. The van der Waals surface area contributed by atoms with Gasteiger partial charge in [-0.25, -0.2) is 22.3 Å². The van der Waals surface area contributed by atoms with Gasteiger partial charge in [0.15, 0.2) is 0 Å². The molecule has 11 nitrogen and oxygen atoms in total. The summed E-state index contributed by atoms with van der Waals surface area (Å²) in [5, 5.41) is 12.4. The van der Waals surface area contributed by atoms with E-state index in [0.29, 0.717) is 39.8 Å². The molecule has 1 aliphatic carbocycles. The largest absolute Gasteiger partial charge is 0.478 e. The van der Waals surface area contributed by atoms with E-state index in [1.54, 1.807) is 24.3 Å². The van der Waals surface area contributed by atoms with Crippen molar-refractivity contribution in [3.63, 3.8) is 0 Å². The first kappa shape index (κ1) is 34.2. The van der Waals surface area contributed by atoms with Crippen molar-refractivity contribution < 1.29 is 46.1 Å². The number of halogens is 1. The topological polar surface area (TPSA) is 153 Å². The summed E-state index contributed by atoms with van der Waals surface area (Å²) in [6, 6.07) is 15.8. The molecule has 1 aliphatic rings. The number of nitrogens with one attached hydrogen (secondary N) is 2. The van der Waals surface area contributed by atoms with E-state index in [1.165, 1.54) is 37.4 Å². The van der Waals surface area contributed by atoms with Gasteiger partial charge in [-0.3, -0.25) is 4.79 Å². The molecule has 0 spiro atoms. The zero-order valence-corrected chi connectivity index (χ0v) is 26.7. The molecule has 13 heteroatoms. The lowest BCUT2D eigenvalue weighted by Gasteiger charge is -2.12. The Morgan fingerprint density at radius 1 is 0.936 bits per heavy atom. The molecular weight excluding hydrogens is 631 g/mol. The molecule has 1 heterocycles. The summed E-state index contributed by atoms with van der Waals surface area (Å²) in [6.45, 7) is 1.50. The van der Waals surface area contributed by atoms with Crippen LogP contribution in [0.3, 0.4) is 0 Å². The highest BCUT2D eigenvalue weighted by molar-refractivity contribution is 7.88. The summed E-state index contributed by atoms with van der Waals surface area (Å²) >= 11 is 0. The molecule has 1 saturated carbocycles. The second kappa shape index (κ2) is 15.6. The van der Waals surface area contributed by atoms with Crippen LogP contribution in [-0.2, 0) is 36.6 Å². The number of fused-ring (bicyclic) bond motifs is 1. The number of carbonyl (C=O) groups is 2. The van der Waals surface area contributed by atoms with Gasteiger partial charge in [0.1, 0.15) is 17.2 Å². The van der Waals surface area contributed by atoms with E-state index < -0.39 is 21.8 Å². The molecule has 0 radical (unpaired) electrons. The van der Waals surface area contributed by atoms with E-state index in [4.69, 9.17) is 18.6 Å². The number of ether oxygens (including phenoxy) is 3. The highest BCUT2D eigenvalue weighted by Gasteiger charge is 2.31. The van der Waals surface area contributed by atoms with Crippen molar-refractivity contribution >= 4 is 32.9 Å². The fourth-order valence-electron chi connectivity index (χ4n) is 5.26. The van der Waals surface area contributed by atoms with E-state index >= 15 is 0 Å². The van der Waals surface area contributed by atoms with E-state index in [0.717, 1.165) is 18.4 Å². The Bertz CT molecular complexity index is 1820. The highest BCUT2D eigenvalue weighted by atomic mass is 32.2. The number of benzene rings is 3. The van der Waals surface area contributed by atoms with Crippen molar-refractivity contribution in [1.29, 1.82) is 0 Å². The number of hydrogen-bond acceptors (Lipinski definition) is 8. The highest BCUT2D eigenvalue weighted by Crippen LogP contribution is 2.45. The van der Waals surface area contributed by atoms with Gasteiger partial charge >= 0.3 is 5.97 Å². The smallest absolute Gasteiger partial charge is 0.336 e. The maximum Gasteiger partial charge on any atom is 0.336 e. The number of furan rings is 1. The van der Waals surface area contributed by atoms with Crippen molar-refractivity contribution in [2.24, 2.45) is 0 Å². The van der Waals surface area contributed by atoms with Gasteiger partial charge in [-0.2, -0.15) is 0 Å². The van der Waals surface area contributed by atoms with E-state index in [9.17, 15) is 27.5 Å². The Balaban J connectivity index is 1.10. The van der Waals surface area contributed by atoms with Crippen molar-refractivity contribution in [3.05, 3.63) is 94.3 Å². The zero-order chi connectivity index (χ0) is 33.4. The minimum Gasteiger partial charge on any atom is -0.478 e. The second-order valence-corrected chi connectivity index (χ2v) is 12.9. The van der Waals surface area contributed by atoms with Crippen LogP contribution in [0.25, 0.3) is 22.3 Å². The third-order valence-corrected chi connectivity index (χ3v) is 9.03. The van der Waals surface area contributed by atoms with Crippen LogP contribution in [0, 0.1) is 5.82 Å². The molecule has 47 heavy (non-hydrogen) atoms. The summed E-state index contributed by atoms with van der Waals surface area (Å²) in [5.74, 6) is -1.56. The van der Waals surface area contributed by atoms with E-state index in [-0.39, 0.29) is 68.5 Å². The number of hydrogen-bond donors (Lipinski definition) is 3. The van der Waals surface area contributed by atoms with Gasteiger partial charge < -0.3 is 29.1 Å². The van der Waals surface area contributed by atoms with E-state index in [2.05, 4.69) is 10.0 Å². The average molecular weight is 669 g/mol. The molecule has 3 N–H and O–H groups in total. The normalized spacial score (nSPS) is 13.2. The van der Waals surface area contributed by atoms with E-state index in [1.807, 2.05) is 6.07 Å². The monoisotopic (exact) mass is 668 g/mol. The van der Waals surface area contributed by atoms with Gasteiger partial charge in [0.2, 0.25) is 10.0 Å². The Morgan fingerprint density at radius 2 is 1.62 bits per heavy atom. The SMILES string of the molecule is CNC(=O)c1c(-c2ccc(F)cc2)oc2cc(CS(=O)(=O)NCCOCCOCCOCc3ccccc3C(=O)O)c(C3CC3)cc12. The van der Waals surface area contributed by atoms with Crippen molar-refractivity contribution in [1.82, 2.24) is 10.0 Å². The lowest BCUT2D eigenvalue weighted by atomic mass is 9.98. The predicted octanol–water partition coefficient (Wildman–Crippen LogP) is 4.84. The van der Waals surface area contributed by atoms with Gasteiger partial charge in [0.05, 0.1) is 56.5 Å². The van der Waals surface area contributed by atoms with Gasteiger partial charge in [-0.1, -0.05) is 18.2 Å². The lowest BCUT2D eigenvalue weighted by molar-refractivity contribution is 0.0114. The standard InChI is InChI=1S/C34H37FN2O9S/c1-36-33(38)31-29-19-28(22-6-7-22)25(18-30(29)46-32(31)23-8-10-26(35)11-9-23)21-47(41,42)37-12-13-43-14-15-44-16-17-45-20-24-4-2-3-5-27(24)34(39)40/h2-5,8-11,18-19,22,37H,6-7,12-17,20-21H2,1H3,(H,36,38)(H,39,40). The number of amides is 1. The quantitative estimate of drug-likeness (QED) is 0.126. The molecule has 0 aliphatic heterocycles. The third-order valence-electron chi connectivity index (χ3n) is 7.69. The Hall–Kier alpha value is -4.14. The van der Waals surface area contributed by atoms with Crippen molar-refractivity contribution in [3.8, 4) is 11.3 Å². The molecule has 0 atom stereocenters. The van der Waals surface area contributed by atoms with Gasteiger partial charge in [-0.15, -0.1) is 0 Å². The summed E-state index contributed by atoms with van der Waals surface area (Å²) in [6.07, 6.45) is 1.84. The molecular formula is C34H37FN2O9S. The van der Waals surface area contributed by atoms with Crippen LogP contribution in [0.5, 0.6) is 0 Å². The molecule has 0 saturated heterocycles. The predicted molar refractivity (Wildman–Crippen MR) is 172 cm³/mol. The number of sulfonamides is 1. The molecule has 4 aromatic rings. The fraction of sp³-hybridized carbons (Fsp3) is 0.353. The third kappa shape index (κ3) is 9.02. The molecule has 250 valence electrons. The molecule has 1 fully saturated rings. The van der Waals surface area contributed by atoms with Crippen LogP contribution in [0.2, 0.25) is 0 Å². The Labute approximate surface area is 272 Å². The van der Waals surface area contributed by atoms with Crippen LogP contribution in [0.15, 0.2) is 65.1 Å². The first-order chi connectivity index (χ1) is 22.7. The maximum atomic E-state index is 13.6. The minimum absolute atomic E-state index is 0.0751. The molecule has 5 rings (SSSR count). The van der Waals surface area contributed by atoms with Crippen LogP contribution < -0.4 is 10.0 Å². The van der Waals surface area contributed by atoms with Crippen LogP contribution >= 0.6 is 0 Å². The van der Waals surface area contributed by atoms with Crippen molar-refractivity contribution in [2.75, 3.05) is 46.6 Å². The Kier molecular flexibility index (Phi) is 11.4. The van der Waals surface area contributed by atoms with Crippen LogP contribution in [0.4, 0.5) is 4.39 Å². The molecule has 0 unspecified atom stereocenters. The summed E-state index contributed by atoms with van der Waals surface area (Å²) < 4.78 is 64.8. The average Bonchev–Trinajstić information content (AvgIpc) is 3.83. The van der Waals surface area contributed by atoms with Gasteiger partial charge in [0.25, 0.3) is 5.91 Å². The lowest BCUT2D eigenvalue weighted by Crippen LogP contribution is -2.29. The minimum atomic E-state index is -3.73. The first-order valence-corrected chi connectivity index (χ1v) is 16.9. The number of carboxylic acids is 1. The Morgan fingerprint density at radius 3 is 2.30 bits per heavy atom. The van der Waals surface area contributed by atoms with Crippen molar-refractivity contribution in [2.45, 2.75) is 31.1 Å². The number of carbonyl (C=O) groups excluding carboxylic acids is 1. The zero-order valence-electron chi connectivity index (χ0n) is 25.9. The van der Waals surface area contributed by atoms with Crippen LogP contribution in [-0.4, -0.2) is 72.0 Å². The molecule has 1 aromatic heterocycles. The van der Waals surface area contributed by atoms with Gasteiger partial charge in [0, 0.05) is 24.5 Å². The molecule has 3 aromatic carbocycles. The van der Waals surface area contributed by atoms with Gasteiger partial charge in [-0.05, 0) is 77.9 Å². The second-order valence-electron chi connectivity index (χ2n) is 11.1. The number of rotatable bonds is 18. The summed E-state index contributed by atoms with van der Waals surface area (Å²) in [7, 11) is -2.21. The molecule has 0 bridgehead atoms.